The molecule has 0 saturated heterocycles. The number of alkyl halides is 5. The van der Waals surface area contributed by atoms with Crippen LogP contribution in [0.5, 0.6) is 0 Å². The zero-order valence-electron chi connectivity index (χ0n) is 21.3. The second kappa shape index (κ2) is 11.5. The normalized spacial score (nSPS) is 20.6. The van der Waals surface area contributed by atoms with E-state index in [0.29, 0.717) is 38.8 Å². The van der Waals surface area contributed by atoms with E-state index in [1.807, 2.05) is 0 Å². The van der Waals surface area contributed by atoms with Crippen LogP contribution in [0, 0.1) is 11.7 Å². The molecule has 0 aliphatic heterocycles. The topological polar surface area (TPSA) is 87.2 Å². The summed E-state index contributed by atoms with van der Waals surface area (Å²) in [7, 11) is -4.46. The van der Waals surface area contributed by atoms with Crippen LogP contribution in [0.4, 0.5) is 38.0 Å². The summed E-state index contributed by atoms with van der Waals surface area (Å²) in [6.45, 7) is 1.47. The molecule has 2 saturated carbocycles. The molecule has 2 fully saturated rings. The Bertz CT molecular complexity index is 1220. The molecular weight excluding hydrogens is 548 g/mol. The Labute approximate surface area is 223 Å². The molecule has 2 aromatic rings. The van der Waals surface area contributed by atoms with Crippen LogP contribution < -0.4 is 14.9 Å². The molecule has 39 heavy (non-hydrogen) atoms. The van der Waals surface area contributed by atoms with Crippen molar-refractivity contribution >= 4 is 21.7 Å². The van der Waals surface area contributed by atoms with Gasteiger partial charge in [-0.05, 0) is 50.0 Å². The highest BCUT2D eigenvalue weighted by atomic mass is 32.2. The highest BCUT2D eigenvalue weighted by Crippen LogP contribution is 2.35. The molecule has 2 N–H and O–H groups in total. The summed E-state index contributed by atoms with van der Waals surface area (Å²) in [6, 6.07) is 5.42. The molecule has 0 radical (unpaired) electrons. The molecule has 1 heterocycles. The van der Waals surface area contributed by atoms with Crippen molar-refractivity contribution in [2.45, 2.75) is 76.2 Å². The third kappa shape index (κ3) is 8.44. The number of hydrogen-bond donors (Lipinski definition) is 2. The molecule has 0 amide bonds. The van der Waals surface area contributed by atoms with Gasteiger partial charge in [0, 0.05) is 37.7 Å². The van der Waals surface area contributed by atoms with Crippen molar-refractivity contribution in [3.05, 3.63) is 47.5 Å². The first-order valence-corrected chi connectivity index (χ1v) is 14.4. The SMILES string of the molecule is CC(F)(F)c1ccc(CN(c2ncnc(NCC3CCC(NS(=O)(=O)CC(F)(F)F)CC3)c2F)C2CC2)cc1. The number of anilines is 2. The largest absolute Gasteiger partial charge is 0.404 e. The number of benzene rings is 1. The van der Waals surface area contributed by atoms with Gasteiger partial charge in [0.25, 0.3) is 5.92 Å². The molecule has 14 heteroatoms. The first kappa shape index (κ1) is 29.4. The molecule has 1 aromatic heterocycles. The minimum absolute atomic E-state index is 0.0135. The molecule has 1 aromatic carbocycles. The summed E-state index contributed by atoms with van der Waals surface area (Å²) in [5, 5.41) is 3.00. The summed E-state index contributed by atoms with van der Waals surface area (Å²) in [5.74, 6) is -5.30. The Hall–Kier alpha value is -2.61. The van der Waals surface area contributed by atoms with Gasteiger partial charge in [0.15, 0.2) is 17.4 Å². The molecule has 0 bridgehead atoms. The van der Waals surface area contributed by atoms with Crippen LogP contribution in [0.1, 0.15) is 56.6 Å². The number of sulfonamides is 1. The van der Waals surface area contributed by atoms with Gasteiger partial charge in [0.2, 0.25) is 15.8 Å². The van der Waals surface area contributed by atoms with Gasteiger partial charge in [-0.15, -0.1) is 0 Å². The molecule has 0 spiro atoms. The maximum atomic E-state index is 15.5. The van der Waals surface area contributed by atoms with Crippen molar-refractivity contribution in [1.29, 1.82) is 0 Å². The fraction of sp³-hybridized carbons (Fsp3) is 0.600. The standard InChI is InChI=1S/C25H31F6N5O2S/c1-24(27,28)18-6-2-17(3-7-18)13-36(20-10-11-20)23-21(26)22(33-15-34-23)32-12-16-4-8-19(9-5-16)35-39(37,38)14-25(29,30)31/h2-3,6-7,15-16,19-20,35H,4-5,8-14H2,1H3,(H,32,33,34). The predicted molar refractivity (Wildman–Crippen MR) is 134 cm³/mol. The van der Waals surface area contributed by atoms with E-state index in [1.54, 1.807) is 17.0 Å². The van der Waals surface area contributed by atoms with E-state index in [1.165, 1.54) is 18.5 Å². The Kier molecular flexibility index (Phi) is 8.64. The first-order valence-electron chi connectivity index (χ1n) is 12.8. The lowest BCUT2D eigenvalue weighted by atomic mass is 9.86. The summed E-state index contributed by atoms with van der Waals surface area (Å²) in [5.41, 5.74) is 0.640. The van der Waals surface area contributed by atoms with Gasteiger partial charge in [-0.25, -0.2) is 31.9 Å². The molecule has 4 rings (SSSR count). The molecular formula is C25H31F6N5O2S. The van der Waals surface area contributed by atoms with E-state index in [0.717, 1.165) is 25.3 Å². The summed E-state index contributed by atoms with van der Waals surface area (Å²) in [4.78, 5) is 9.98. The Morgan fingerprint density at radius 1 is 0.974 bits per heavy atom. The molecule has 216 valence electrons. The highest BCUT2D eigenvalue weighted by molar-refractivity contribution is 7.89. The predicted octanol–water partition coefficient (Wildman–Crippen LogP) is 5.35. The second-order valence-electron chi connectivity index (χ2n) is 10.4. The van der Waals surface area contributed by atoms with E-state index in [9.17, 15) is 30.4 Å². The molecule has 0 unspecified atom stereocenters. The highest BCUT2D eigenvalue weighted by Gasteiger charge is 2.37. The van der Waals surface area contributed by atoms with Crippen molar-refractivity contribution < 1.29 is 34.8 Å². The van der Waals surface area contributed by atoms with E-state index in [4.69, 9.17) is 0 Å². The second-order valence-corrected chi connectivity index (χ2v) is 12.1. The van der Waals surface area contributed by atoms with Crippen LogP contribution in [0.25, 0.3) is 0 Å². The van der Waals surface area contributed by atoms with Crippen LogP contribution in [0.15, 0.2) is 30.6 Å². The molecule has 2 aliphatic carbocycles. The third-order valence-corrected chi connectivity index (χ3v) is 8.35. The minimum Gasteiger partial charge on any atom is -0.367 e. The molecule has 7 nitrogen and oxygen atoms in total. The van der Waals surface area contributed by atoms with Crippen molar-refractivity contribution in [2.75, 3.05) is 22.5 Å². The monoisotopic (exact) mass is 579 g/mol. The van der Waals surface area contributed by atoms with Gasteiger partial charge in [-0.2, -0.15) is 17.6 Å². The fourth-order valence-electron chi connectivity index (χ4n) is 4.78. The van der Waals surface area contributed by atoms with Crippen LogP contribution >= 0.6 is 0 Å². The number of halogens is 6. The third-order valence-electron chi connectivity index (χ3n) is 6.95. The average molecular weight is 580 g/mol. The Balaban J connectivity index is 1.34. The van der Waals surface area contributed by atoms with Gasteiger partial charge in [-0.3, -0.25) is 0 Å². The maximum absolute atomic E-state index is 15.5. The average Bonchev–Trinajstić information content (AvgIpc) is 3.66. The Morgan fingerprint density at radius 3 is 2.18 bits per heavy atom. The van der Waals surface area contributed by atoms with Gasteiger partial charge >= 0.3 is 6.18 Å². The van der Waals surface area contributed by atoms with Crippen molar-refractivity contribution in [2.24, 2.45) is 5.92 Å². The van der Waals surface area contributed by atoms with Crippen molar-refractivity contribution in [3.63, 3.8) is 0 Å². The maximum Gasteiger partial charge on any atom is 0.404 e. The molecule has 0 atom stereocenters. The number of nitrogens with one attached hydrogen (secondary N) is 2. The van der Waals surface area contributed by atoms with Crippen LogP contribution in [-0.4, -0.2) is 48.9 Å². The zero-order valence-corrected chi connectivity index (χ0v) is 22.1. The lowest BCUT2D eigenvalue weighted by Crippen LogP contribution is -2.42. The van der Waals surface area contributed by atoms with E-state index < -0.39 is 39.7 Å². The quantitative estimate of drug-likeness (QED) is 0.349. The van der Waals surface area contributed by atoms with E-state index >= 15 is 4.39 Å². The fourth-order valence-corrected chi connectivity index (χ4v) is 6.04. The van der Waals surface area contributed by atoms with Crippen LogP contribution in [0.3, 0.4) is 0 Å². The lowest BCUT2D eigenvalue weighted by molar-refractivity contribution is -0.106. The zero-order chi connectivity index (χ0) is 28.4. The van der Waals surface area contributed by atoms with Gasteiger partial charge in [0.05, 0.1) is 0 Å². The van der Waals surface area contributed by atoms with Gasteiger partial charge < -0.3 is 10.2 Å². The smallest absolute Gasteiger partial charge is 0.367 e. The van der Waals surface area contributed by atoms with Crippen molar-refractivity contribution in [3.8, 4) is 0 Å². The van der Waals surface area contributed by atoms with E-state index in [2.05, 4.69) is 20.0 Å². The summed E-state index contributed by atoms with van der Waals surface area (Å²) < 4.78 is 105. The summed E-state index contributed by atoms with van der Waals surface area (Å²) >= 11 is 0. The minimum atomic E-state index is -4.81. The van der Waals surface area contributed by atoms with Gasteiger partial charge in [-0.1, -0.05) is 24.3 Å². The van der Waals surface area contributed by atoms with Crippen molar-refractivity contribution in [1.82, 2.24) is 14.7 Å². The lowest BCUT2D eigenvalue weighted by Gasteiger charge is -2.29. The Morgan fingerprint density at radius 2 is 1.62 bits per heavy atom. The number of nitrogens with zero attached hydrogens (tertiary/aromatic N) is 3. The van der Waals surface area contributed by atoms with Crippen LogP contribution in [0.2, 0.25) is 0 Å². The van der Waals surface area contributed by atoms with Crippen LogP contribution in [-0.2, 0) is 22.5 Å². The number of aromatic nitrogens is 2. The number of hydrogen-bond acceptors (Lipinski definition) is 6. The molecule has 2 aliphatic rings. The van der Waals surface area contributed by atoms with E-state index in [-0.39, 0.29) is 29.2 Å². The number of rotatable bonds is 11. The first-order chi connectivity index (χ1) is 18.2. The summed E-state index contributed by atoms with van der Waals surface area (Å²) in [6.07, 6.45) is 0.00155. The van der Waals surface area contributed by atoms with Gasteiger partial charge in [0.1, 0.15) is 6.33 Å².